The van der Waals surface area contributed by atoms with Crippen molar-refractivity contribution < 1.29 is 9.21 Å². The second kappa shape index (κ2) is 3.53. The van der Waals surface area contributed by atoms with Crippen LogP contribution >= 0.6 is 0 Å². The molecule has 0 radical (unpaired) electrons. The second-order valence-electron chi connectivity index (χ2n) is 2.18. The minimum Gasteiger partial charge on any atom is -0.432 e. The lowest BCUT2D eigenvalue weighted by Crippen LogP contribution is -2.10. The van der Waals surface area contributed by atoms with Crippen molar-refractivity contribution in [2.24, 2.45) is 0 Å². The SMILES string of the molecule is Cc1coc(NC(=O)CC#N)n1. The van der Waals surface area contributed by atoms with Gasteiger partial charge in [-0.25, -0.2) is 0 Å². The van der Waals surface area contributed by atoms with Crippen LogP contribution in [0.1, 0.15) is 12.1 Å². The van der Waals surface area contributed by atoms with E-state index in [2.05, 4.69) is 10.3 Å². The van der Waals surface area contributed by atoms with Gasteiger partial charge in [0.15, 0.2) is 0 Å². The Balaban J connectivity index is 2.53. The molecule has 0 aliphatic rings. The van der Waals surface area contributed by atoms with Crippen LogP contribution in [0.15, 0.2) is 10.7 Å². The lowest BCUT2D eigenvalue weighted by Gasteiger charge is -1.93. The molecule has 1 aromatic rings. The monoisotopic (exact) mass is 165 g/mol. The van der Waals surface area contributed by atoms with Gasteiger partial charge < -0.3 is 4.42 Å². The van der Waals surface area contributed by atoms with E-state index in [9.17, 15) is 4.79 Å². The highest BCUT2D eigenvalue weighted by atomic mass is 16.4. The van der Waals surface area contributed by atoms with E-state index in [1.165, 1.54) is 6.26 Å². The van der Waals surface area contributed by atoms with Gasteiger partial charge in [-0.2, -0.15) is 10.2 Å². The molecule has 0 aliphatic heterocycles. The first-order valence-electron chi connectivity index (χ1n) is 3.31. The molecule has 1 heterocycles. The van der Waals surface area contributed by atoms with Crippen molar-refractivity contribution in [3.8, 4) is 6.07 Å². The topological polar surface area (TPSA) is 78.9 Å². The van der Waals surface area contributed by atoms with E-state index in [1.54, 1.807) is 13.0 Å². The Kier molecular flexibility index (Phi) is 2.43. The molecule has 12 heavy (non-hydrogen) atoms. The summed E-state index contributed by atoms with van der Waals surface area (Å²) < 4.78 is 4.83. The van der Waals surface area contributed by atoms with Crippen LogP contribution in [-0.2, 0) is 4.79 Å². The number of nitrogens with zero attached hydrogens (tertiary/aromatic N) is 2. The van der Waals surface area contributed by atoms with Gasteiger partial charge >= 0.3 is 6.01 Å². The third-order valence-corrected chi connectivity index (χ3v) is 1.10. The number of nitriles is 1. The van der Waals surface area contributed by atoms with Crippen LogP contribution in [-0.4, -0.2) is 10.9 Å². The summed E-state index contributed by atoms with van der Waals surface area (Å²) in [6.07, 6.45) is 1.23. The number of hydrogen-bond donors (Lipinski definition) is 1. The van der Waals surface area contributed by atoms with Crippen LogP contribution in [0.25, 0.3) is 0 Å². The van der Waals surface area contributed by atoms with E-state index in [1.807, 2.05) is 0 Å². The van der Waals surface area contributed by atoms with E-state index in [-0.39, 0.29) is 12.4 Å². The van der Waals surface area contributed by atoms with Crippen molar-refractivity contribution in [2.45, 2.75) is 13.3 Å². The molecule has 1 rings (SSSR count). The Morgan fingerprint density at radius 2 is 2.67 bits per heavy atom. The second-order valence-corrected chi connectivity index (χ2v) is 2.18. The Bertz CT molecular complexity index is 324. The molecule has 0 aliphatic carbocycles. The van der Waals surface area contributed by atoms with Crippen LogP contribution in [0.5, 0.6) is 0 Å². The number of hydrogen-bond acceptors (Lipinski definition) is 4. The largest absolute Gasteiger partial charge is 0.432 e. The fourth-order valence-electron chi connectivity index (χ4n) is 0.647. The zero-order valence-corrected chi connectivity index (χ0v) is 6.50. The van der Waals surface area contributed by atoms with Gasteiger partial charge in [-0.1, -0.05) is 0 Å². The highest BCUT2D eigenvalue weighted by Gasteiger charge is 2.04. The van der Waals surface area contributed by atoms with Gasteiger partial charge in [0.25, 0.3) is 0 Å². The van der Waals surface area contributed by atoms with Crippen LogP contribution in [0.4, 0.5) is 6.01 Å². The number of carbonyl (C=O) groups excluding carboxylic acids is 1. The number of nitrogens with one attached hydrogen (secondary N) is 1. The maximum atomic E-state index is 10.8. The van der Waals surface area contributed by atoms with E-state index in [0.717, 1.165) is 0 Å². The van der Waals surface area contributed by atoms with Crippen molar-refractivity contribution in [3.05, 3.63) is 12.0 Å². The minimum atomic E-state index is -0.417. The molecule has 0 spiro atoms. The number of aromatic nitrogens is 1. The quantitative estimate of drug-likeness (QED) is 0.704. The van der Waals surface area contributed by atoms with E-state index in [4.69, 9.17) is 9.68 Å². The molecule has 0 fully saturated rings. The number of amides is 1. The summed E-state index contributed by atoms with van der Waals surface area (Å²) in [5, 5.41) is 10.5. The van der Waals surface area contributed by atoms with Crippen molar-refractivity contribution in [1.82, 2.24) is 4.98 Å². The summed E-state index contributed by atoms with van der Waals surface area (Å²) in [6.45, 7) is 1.74. The molecule has 5 heteroatoms. The maximum Gasteiger partial charge on any atom is 0.301 e. The van der Waals surface area contributed by atoms with E-state index < -0.39 is 5.91 Å². The lowest BCUT2D eigenvalue weighted by molar-refractivity contribution is -0.115. The zero-order chi connectivity index (χ0) is 8.97. The molecular formula is C7H7N3O2. The highest BCUT2D eigenvalue weighted by molar-refractivity contribution is 5.89. The van der Waals surface area contributed by atoms with Crippen LogP contribution < -0.4 is 5.32 Å². The predicted octanol–water partition coefficient (Wildman–Crippen LogP) is 0.835. The summed E-state index contributed by atoms with van der Waals surface area (Å²) in [7, 11) is 0. The average Bonchev–Trinajstić information content (AvgIpc) is 2.36. The third kappa shape index (κ3) is 2.09. The number of anilines is 1. The zero-order valence-electron chi connectivity index (χ0n) is 6.50. The lowest BCUT2D eigenvalue weighted by atomic mass is 10.4. The number of carbonyl (C=O) groups is 1. The molecule has 0 atom stereocenters. The molecule has 1 amide bonds. The smallest absolute Gasteiger partial charge is 0.301 e. The Labute approximate surface area is 69.0 Å². The number of oxazole rings is 1. The Morgan fingerprint density at radius 1 is 1.92 bits per heavy atom. The highest BCUT2D eigenvalue weighted by Crippen LogP contribution is 2.05. The first-order valence-corrected chi connectivity index (χ1v) is 3.31. The summed E-state index contributed by atoms with van der Waals surface area (Å²) >= 11 is 0. The fourth-order valence-corrected chi connectivity index (χ4v) is 0.647. The standard InChI is InChI=1S/C7H7N3O2/c1-5-4-12-7(9-5)10-6(11)2-3-8/h4H,2H2,1H3,(H,9,10,11). The van der Waals surface area contributed by atoms with Gasteiger partial charge in [0.05, 0.1) is 11.8 Å². The molecule has 0 aromatic carbocycles. The van der Waals surface area contributed by atoms with Crippen molar-refractivity contribution >= 4 is 11.9 Å². The molecule has 5 nitrogen and oxygen atoms in total. The predicted molar refractivity (Wildman–Crippen MR) is 40.1 cm³/mol. The van der Waals surface area contributed by atoms with Crippen molar-refractivity contribution in [3.63, 3.8) is 0 Å². The van der Waals surface area contributed by atoms with E-state index in [0.29, 0.717) is 5.69 Å². The molecule has 0 unspecified atom stereocenters. The maximum absolute atomic E-state index is 10.8. The van der Waals surface area contributed by atoms with Crippen molar-refractivity contribution in [2.75, 3.05) is 5.32 Å². The normalized spacial score (nSPS) is 9.00. The summed E-state index contributed by atoms with van der Waals surface area (Å²) in [6, 6.07) is 1.85. The molecule has 0 saturated carbocycles. The average molecular weight is 165 g/mol. The molecule has 62 valence electrons. The molecule has 1 N–H and O–H groups in total. The van der Waals surface area contributed by atoms with Gasteiger partial charge in [-0.3, -0.25) is 10.1 Å². The molecule has 0 saturated heterocycles. The molecule has 0 bridgehead atoms. The summed E-state index contributed by atoms with van der Waals surface area (Å²) in [5.74, 6) is -0.417. The Hall–Kier alpha value is -1.83. The van der Waals surface area contributed by atoms with Crippen LogP contribution in [0, 0.1) is 18.3 Å². The van der Waals surface area contributed by atoms with E-state index >= 15 is 0 Å². The van der Waals surface area contributed by atoms with Gasteiger partial charge in [0, 0.05) is 0 Å². The summed E-state index contributed by atoms with van der Waals surface area (Å²) in [5.41, 5.74) is 0.683. The van der Waals surface area contributed by atoms with Gasteiger partial charge in [0.2, 0.25) is 5.91 Å². The third-order valence-electron chi connectivity index (χ3n) is 1.10. The van der Waals surface area contributed by atoms with Gasteiger partial charge in [-0.15, -0.1) is 0 Å². The molecule has 1 aromatic heterocycles. The van der Waals surface area contributed by atoms with Crippen molar-refractivity contribution in [1.29, 1.82) is 5.26 Å². The Morgan fingerprint density at radius 3 is 3.17 bits per heavy atom. The number of rotatable bonds is 2. The first kappa shape index (κ1) is 8.27. The summed E-state index contributed by atoms with van der Waals surface area (Å²) in [4.78, 5) is 14.6. The van der Waals surface area contributed by atoms with Gasteiger partial charge in [0.1, 0.15) is 12.7 Å². The minimum absolute atomic E-state index is 0.132. The molecular weight excluding hydrogens is 158 g/mol. The van der Waals surface area contributed by atoms with Gasteiger partial charge in [-0.05, 0) is 6.92 Å². The first-order chi connectivity index (χ1) is 5.72. The number of aryl methyl sites for hydroxylation is 1. The fraction of sp³-hybridized carbons (Fsp3) is 0.286. The van der Waals surface area contributed by atoms with Crippen LogP contribution in [0.3, 0.4) is 0 Å². The van der Waals surface area contributed by atoms with Crippen LogP contribution in [0.2, 0.25) is 0 Å².